The summed E-state index contributed by atoms with van der Waals surface area (Å²) in [5.41, 5.74) is 2.39. The molecule has 1 aliphatic heterocycles. The van der Waals surface area contributed by atoms with E-state index in [4.69, 9.17) is 9.73 Å². The molecule has 1 aliphatic rings. The summed E-state index contributed by atoms with van der Waals surface area (Å²) >= 11 is 0. The van der Waals surface area contributed by atoms with Gasteiger partial charge >= 0.3 is 0 Å². The Bertz CT molecular complexity index is 836. The maximum absolute atomic E-state index is 11.9. The molecule has 0 radical (unpaired) electrons. The molecule has 0 saturated carbocycles. The predicted molar refractivity (Wildman–Crippen MR) is 125 cm³/mol. The zero-order chi connectivity index (χ0) is 21.9. The van der Waals surface area contributed by atoms with E-state index in [0.29, 0.717) is 19.6 Å². The number of ether oxygens (including phenoxy) is 1. The molecule has 0 aliphatic carbocycles. The highest BCUT2D eigenvalue weighted by Crippen LogP contribution is 2.15. The smallest absolute Gasteiger partial charge is 0.222 e. The highest BCUT2D eigenvalue weighted by atomic mass is 16.5. The van der Waals surface area contributed by atoms with Gasteiger partial charge in [-0.25, -0.2) is 0 Å². The molecule has 6 nitrogen and oxygen atoms in total. The molecule has 2 aromatic carbocycles. The van der Waals surface area contributed by atoms with Gasteiger partial charge in [0.2, 0.25) is 5.91 Å². The molecule has 0 bridgehead atoms. The summed E-state index contributed by atoms with van der Waals surface area (Å²) < 4.78 is 5.85. The Kier molecular flexibility index (Phi) is 8.76. The third-order valence-corrected chi connectivity index (χ3v) is 5.37. The van der Waals surface area contributed by atoms with Crippen molar-refractivity contribution in [3.63, 3.8) is 0 Å². The number of hydrogen-bond donors (Lipinski definition) is 2. The van der Waals surface area contributed by atoms with Crippen molar-refractivity contribution in [1.82, 2.24) is 15.5 Å². The lowest BCUT2D eigenvalue weighted by molar-refractivity contribution is -0.129. The number of likely N-dealkylation sites (tertiary alicyclic amines) is 1. The number of carbonyl (C=O) groups excluding carboxylic acids is 1. The molecule has 6 heteroatoms. The second kappa shape index (κ2) is 12.0. The molecule has 1 saturated heterocycles. The molecule has 166 valence electrons. The van der Waals surface area contributed by atoms with E-state index in [9.17, 15) is 4.79 Å². The first-order chi connectivity index (χ1) is 15.2. The molecular formula is C25H34N4O2. The van der Waals surface area contributed by atoms with Gasteiger partial charge in [0.15, 0.2) is 5.96 Å². The molecule has 2 aromatic rings. The lowest BCUT2D eigenvalue weighted by Gasteiger charge is -2.18. The normalized spacial score (nSPS) is 16.3. The number of hydrogen-bond acceptors (Lipinski definition) is 3. The standard InChI is InChI=1S/C25H34N4O2/c1-3-24(30)29-17-15-22(18-29)28-25(26-4-2)27-16-14-20-10-12-23(13-11-20)31-19-21-8-6-5-7-9-21/h5-13,22H,3-4,14-19H2,1-2H3,(H2,26,27,28). The van der Waals surface area contributed by atoms with Crippen molar-refractivity contribution in [2.75, 3.05) is 26.2 Å². The van der Waals surface area contributed by atoms with Crippen molar-refractivity contribution in [3.8, 4) is 5.75 Å². The highest BCUT2D eigenvalue weighted by Gasteiger charge is 2.25. The van der Waals surface area contributed by atoms with Gasteiger partial charge < -0.3 is 20.3 Å². The largest absolute Gasteiger partial charge is 0.489 e. The van der Waals surface area contributed by atoms with Crippen molar-refractivity contribution in [2.45, 2.75) is 45.8 Å². The van der Waals surface area contributed by atoms with Crippen LogP contribution < -0.4 is 15.4 Å². The average Bonchev–Trinajstić information content (AvgIpc) is 3.27. The van der Waals surface area contributed by atoms with E-state index in [1.54, 1.807) is 0 Å². The second-order valence-electron chi connectivity index (χ2n) is 7.75. The van der Waals surface area contributed by atoms with Crippen LogP contribution in [0.3, 0.4) is 0 Å². The Hall–Kier alpha value is -3.02. The fourth-order valence-electron chi connectivity index (χ4n) is 3.63. The average molecular weight is 423 g/mol. The van der Waals surface area contributed by atoms with Crippen LogP contribution in [0.2, 0.25) is 0 Å². The van der Waals surface area contributed by atoms with Crippen molar-refractivity contribution in [2.24, 2.45) is 4.99 Å². The Morgan fingerprint density at radius 1 is 1.10 bits per heavy atom. The molecule has 2 N–H and O–H groups in total. The number of guanidine groups is 1. The second-order valence-corrected chi connectivity index (χ2v) is 7.75. The van der Waals surface area contributed by atoms with Crippen molar-refractivity contribution in [1.29, 1.82) is 0 Å². The van der Waals surface area contributed by atoms with E-state index < -0.39 is 0 Å². The lowest BCUT2D eigenvalue weighted by atomic mass is 10.1. The highest BCUT2D eigenvalue weighted by molar-refractivity contribution is 5.80. The summed E-state index contributed by atoms with van der Waals surface area (Å²) in [5.74, 6) is 1.92. The first-order valence-corrected chi connectivity index (χ1v) is 11.3. The fraction of sp³-hybridized carbons (Fsp3) is 0.440. The first kappa shape index (κ1) is 22.7. The number of rotatable bonds is 9. The predicted octanol–water partition coefficient (Wildman–Crippen LogP) is 3.37. The monoisotopic (exact) mass is 422 g/mol. The van der Waals surface area contributed by atoms with Crippen LogP contribution in [0, 0.1) is 0 Å². The van der Waals surface area contributed by atoms with Gasteiger partial charge in [0.25, 0.3) is 0 Å². The topological polar surface area (TPSA) is 66.0 Å². The van der Waals surface area contributed by atoms with E-state index in [1.807, 2.05) is 42.2 Å². The summed E-state index contributed by atoms with van der Waals surface area (Å²) in [4.78, 5) is 18.5. The summed E-state index contributed by atoms with van der Waals surface area (Å²) in [6.07, 6.45) is 2.39. The van der Waals surface area contributed by atoms with Gasteiger partial charge in [-0.2, -0.15) is 0 Å². The van der Waals surface area contributed by atoms with E-state index in [2.05, 4.69) is 41.8 Å². The van der Waals surface area contributed by atoms with E-state index in [0.717, 1.165) is 49.7 Å². The van der Waals surface area contributed by atoms with Gasteiger partial charge in [-0.15, -0.1) is 0 Å². The van der Waals surface area contributed by atoms with Gasteiger partial charge in [0.05, 0.1) is 0 Å². The Morgan fingerprint density at radius 2 is 1.87 bits per heavy atom. The van der Waals surface area contributed by atoms with Crippen LogP contribution in [0.1, 0.15) is 37.8 Å². The third kappa shape index (κ3) is 7.31. The number of nitrogens with zero attached hydrogens (tertiary/aromatic N) is 2. The maximum Gasteiger partial charge on any atom is 0.222 e. The molecule has 0 spiro atoms. The first-order valence-electron chi connectivity index (χ1n) is 11.3. The maximum atomic E-state index is 11.9. The molecule has 3 rings (SSSR count). The number of nitrogens with one attached hydrogen (secondary N) is 2. The van der Waals surface area contributed by atoms with Gasteiger partial charge in [0.1, 0.15) is 12.4 Å². The zero-order valence-electron chi connectivity index (χ0n) is 18.6. The Labute approximate surface area is 185 Å². The van der Waals surface area contributed by atoms with Crippen LogP contribution in [0.25, 0.3) is 0 Å². The van der Waals surface area contributed by atoms with Gasteiger partial charge in [-0.05, 0) is 43.0 Å². The van der Waals surface area contributed by atoms with Crippen molar-refractivity contribution in [3.05, 3.63) is 65.7 Å². The molecule has 0 aromatic heterocycles. The Balaban J connectivity index is 1.45. The minimum atomic E-state index is 0.224. The third-order valence-electron chi connectivity index (χ3n) is 5.37. The van der Waals surface area contributed by atoms with Gasteiger partial charge in [0, 0.05) is 38.6 Å². The quantitative estimate of drug-likeness (QED) is 0.480. The minimum Gasteiger partial charge on any atom is -0.489 e. The summed E-state index contributed by atoms with van der Waals surface area (Å²) in [6.45, 7) is 7.63. The molecule has 1 atom stereocenters. The molecular weight excluding hydrogens is 388 g/mol. The molecule has 31 heavy (non-hydrogen) atoms. The summed E-state index contributed by atoms with van der Waals surface area (Å²) in [6, 6.07) is 18.7. The van der Waals surface area contributed by atoms with E-state index in [-0.39, 0.29) is 11.9 Å². The van der Waals surface area contributed by atoms with E-state index >= 15 is 0 Å². The summed E-state index contributed by atoms with van der Waals surface area (Å²) in [5, 5.41) is 6.79. The zero-order valence-corrected chi connectivity index (χ0v) is 18.6. The Morgan fingerprint density at radius 3 is 2.58 bits per heavy atom. The molecule has 1 amide bonds. The van der Waals surface area contributed by atoms with E-state index in [1.165, 1.54) is 5.56 Å². The van der Waals surface area contributed by atoms with Crippen LogP contribution >= 0.6 is 0 Å². The number of amides is 1. The fourth-order valence-corrected chi connectivity index (χ4v) is 3.63. The van der Waals surface area contributed by atoms with Crippen molar-refractivity contribution >= 4 is 11.9 Å². The summed E-state index contributed by atoms with van der Waals surface area (Å²) in [7, 11) is 0. The van der Waals surface area contributed by atoms with Gasteiger partial charge in [-0.1, -0.05) is 49.4 Å². The van der Waals surface area contributed by atoms with Crippen LogP contribution in [-0.2, 0) is 17.8 Å². The lowest BCUT2D eigenvalue weighted by Crippen LogP contribution is -2.45. The molecule has 1 fully saturated rings. The SMILES string of the molecule is CCNC(=NCCc1ccc(OCc2ccccc2)cc1)NC1CCN(C(=O)CC)C1. The number of carbonyl (C=O) groups is 1. The minimum absolute atomic E-state index is 0.224. The van der Waals surface area contributed by atoms with Crippen LogP contribution in [0.4, 0.5) is 0 Å². The number of aliphatic imine (C=N–C) groups is 1. The van der Waals surface area contributed by atoms with Crippen LogP contribution in [0.15, 0.2) is 59.6 Å². The van der Waals surface area contributed by atoms with Crippen LogP contribution in [0.5, 0.6) is 5.75 Å². The molecule has 1 heterocycles. The van der Waals surface area contributed by atoms with Gasteiger partial charge in [-0.3, -0.25) is 9.79 Å². The molecule has 1 unspecified atom stereocenters. The van der Waals surface area contributed by atoms with Crippen molar-refractivity contribution < 1.29 is 9.53 Å². The van der Waals surface area contributed by atoms with Crippen LogP contribution in [-0.4, -0.2) is 49.0 Å². The number of benzene rings is 2.